The summed E-state index contributed by atoms with van der Waals surface area (Å²) in [6, 6.07) is 8.07. The van der Waals surface area contributed by atoms with E-state index in [0.717, 1.165) is 19.4 Å². The first-order valence-corrected chi connectivity index (χ1v) is 7.44. The number of nitrogens with two attached hydrogens (primary N) is 1. The van der Waals surface area contributed by atoms with Crippen molar-refractivity contribution < 1.29 is 9.90 Å². The van der Waals surface area contributed by atoms with Gasteiger partial charge >= 0.3 is 0 Å². The highest BCUT2D eigenvalue weighted by Crippen LogP contribution is 2.27. The molecule has 3 N–H and O–H groups in total. The summed E-state index contributed by atoms with van der Waals surface area (Å²) in [6.07, 6.45) is 2.50. The summed E-state index contributed by atoms with van der Waals surface area (Å²) in [6.45, 7) is 1.51. The Kier molecular flexibility index (Phi) is 3.76. The zero-order valence-electron chi connectivity index (χ0n) is 11.7. The van der Waals surface area contributed by atoms with Crippen LogP contribution in [-0.2, 0) is 17.8 Å². The normalized spacial score (nSPS) is 29.9. The van der Waals surface area contributed by atoms with Crippen molar-refractivity contribution in [3.05, 3.63) is 35.4 Å². The SMILES string of the molecule is N[C@@H]1C[C@@H](C(=O)N2CCc3ccccc3C2)CC[C@H]1O. The third kappa shape index (κ3) is 2.58. The fourth-order valence-corrected chi connectivity index (χ4v) is 3.36. The summed E-state index contributed by atoms with van der Waals surface area (Å²) in [5, 5.41) is 9.67. The molecular weight excluding hydrogens is 252 g/mol. The Bertz CT molecular complexity index is 503. The molecular formula is C16H22N2O2. The van der Waals surface area contributed by atoms with Gasteiger partial charge in [0.05, 0.1) is 6.10 Å². The monoisotopic (exact) mass is 274 g/mol. The van der Waals surface area contributed by atoms with Gasteiger partial charge in [0.15, 0.2) is 0 Å². The second-order valence-electron chi connectivity index (χ2n) is 6.02. The first-order valence-electron chi connectivity index (χ1n) is 7.44. The number of carbonyl (C=O) groups is 1. The van der Waals surface area contributed by atoms with Crippen LogP contribution in [0.1, 0.15) is 30.4 Å². The highest BCUT2D eigenvalue weighted by molar-refractivity contribution is 5.79. The molecule has 2 aliphatic rings. The van der Waals surface area contributed by atoms with Crippen LogP contribution in [0.2, 0.25) is 0 Å². The number of benzene rings is 1. The van der Waals surface area contributed by atoms with Gasteiger partial charge in [-0.1, -0.05) is 24.3 Å². The molecule has 3 rings (SSSR count). The number of rotatable bonds is 1. The third-order valence-corrected chi connectivity index (χ3v) is 4.65. The molecule has 1 aliphatic heterocycles. The Morgan fingerprint density at radius 3 is 2.75 bits per heavy atom. The van der Waals surface area contributed by atoms with Gasteiger partial charge in [-0.2, -0.15) is 0 Å². The Balaban J connectivity index is 1.67. The fraction of sp³-hybridized carbons (Fsp3) is 0.562. The number of hydrogen-bond donors (Lipinski definition) is 2. The predicted molar refractivity (Wildman–Crippen MR) is 76.9 cm³/mol. The molecule has 1 aromatic rings. The highest BCUT2D eigenvalue weighted by Gasteiger charge is 2.33. The van der Waals surface area contributed by atoms with Gasteiger partial charge in [-0.15, -0.1) is 0 Å². The molecule has 4 heteroatoms. The van der Waals surface area contributed by atoms with Crippen molar-refractivity contribution >= 4 is 5.91 Å². The highest BCUT2D eigenvalue weighted by atomic mass is 16.3. The van der Waals surface area contributed by atoms with Crippen LogP contribution < -0.4 is 5.73 Å². The molecule has 1 aromatic carbocycles. The molecule has 1 fully saturated rings. The van der Waals surface area contributed by atoms with Crippen LogP contribution in [0.25, 0.3) is 0 Å². The Hall–Kier alpha value is -1.39. The van der Waals surface area contributed by atoms with Crippen molar-refractivity contribution in [2.24, 2.45) is 11.7 Å². The number of aliphatic hydroxyl groups is 1. The van der Waals surface area contributed by atoms with Crippen molar-refractivity contribution in [2.45, 2.75) is 44.4 Å². The summed E-state index contributed by atoms with van der Waals surface area (Å²) in [4.78, 5) is 14.6. The van der Waals surface area contributed by atoms with E-state index in [1.54, 1.807) is 0 Å². The van der Waals surface area contributed by atoms with E-state index in [-0.39, 0.29) is 17.9 Å². The number of hydrogen-bond acceptors (Lipinski definition) is 3. The maximum atomic E-state index is 12.6. The molecule has 0 bridgehead atoms. The zero-order chi connectivity index (χ0) is 14.1. The van der Waals surface area contributed by atoms with Crippen LogP contribution in [0.3, 0.4) is 0 Å². The molecule has 0 saturated heterocycles. The van der Waals surface area contributed by atoms with E-state index in [0.29, 0.717) is 19.4 Å². The van der Waals surface area contributed by atoms with E-state index in [4.69, 9.17) is 5.73 Å². The predicted octanol–water partition coefficient (Wildman–Crippen LogP) is 1.06. The number of fused-ring (bicyclic) bond motifs is 1. The number of aliphatic hydroxyl groups excluding tert-OH is 1. The van der Waals surface area contributed by atoms with Gasteiger partial charge in [0.25, 0.3) is 0 Å². The minimum atomic E-state index is -0.443. The molecule has 3 atom stereocenters. The van der Waals surface area contributed by atoms with Crippen LogP contribution in [0, 0.1) is 5.92 Å². The summed E-state index contributed by atoms with van der Waals surface area (Å²) in [5.74, 6) is 0.195. The summed E-state index contributed by atoms with van der Waals surface area (Å²) in [7, 11) is 0. The lowest BCUT2D eigenvalue weighted by Gasteiger charge is -2.35. The van der Waals surface area contributed by atoms with E-state index in [9.17, 15) is 9.90 Å². The Morgan fingerprint density at radius 1 is 1.25 bits per heavy atom. The Morgan fingerprint density at radius 2 is 2.00 bits per heavy atom. The standard InChI is InChI=1S/C16H22N2O2/c17-14-9-12(5-6-15(14)19)16(20)18-8-7-11-3-1-2-4-13(11)10-18/h1-4,12,14-15,19H,5-10,17H2/t12-,14+,15+/m0/s1. The maximum absolute atomic E-state index is 12.6. The quantitative estimate of drug-likeness (QED) is 0.804. The van der Waals surface area contributed by atoms with Gasteiger partial charge in [0, 0.05) is 25.0 Å². The van der Waals surface area contributed by atoms with Crippen LogP contribution in [0.5, 0.6) is 0 Å². The average molecular weight is 274 g/mol. The van der Waals surface area contributed by atoms with Crippen molar-refractivity contribution in [2.75, 3.05) is 6.54 Å². The second-order valence-corrected chi connectivity index (χ2v) is 6.02. The molecule has 0 spiro atoms. The van der Waals surface area contributed by atoms with E-state index < -0.39 is 6.10 Å². The molecule has 0 unspecified atom stereocenters. The topological polar surface area (TPSA) is 66.6 Å². The van der Waals surface area contributed by atoms with Gasteiger partial charge in [-0.25, -0.2) is 0 Å². The van der Waals surface area contributed by atoms with Gasteiger partial charge < -0.3 is 15.7 Å². The molecule has 4 nitrogen and oxygen atoms in total. The summed E-state index contributed by atoms with van der Waals surface area (Å²) in [5.41, 5.74) is 8.50. The third-order valence-electron chi connectivity index (χ3n) is 4.65. The Labute approximate surface area is 119 Å². The van der Waals surface area contributed by atoms with Crippen LogP contribution in [0.15, 0.2) is 24.3 Å². The molecule has 108 valence electrons. The van der Waals surface area contributed by atoms with E-state index in [1.807, 2.05) is 11.0 Å². The average Bonchev–Trinajstić information content (AvgIpc) is 2.49. The number of nitrogens with zero attached hydrogens (tertiary/aromatic N) is 1. The molecule has 1 aliphatic carbocycles. The molecule has 0 aromatic heterocycles. The molecule has 1 saturated carbocycles. The lowest BCUT2D eigenvalue weighted by molar-refractivity contribution is -0.138. The van der Waals surface area contributed by atoms with E-state index >= 15 is 0 Å². The van der Waals surface area contributed by atoms with Gasteiger partial charge in [-0.3, -0.25) is 4.79 Å². The molecule has 0 radical (unpaired) electrons. The van der Waals surface area contributed by atoms with Crippen molar-refractivity contribution in [3.63, 3.8) is 0 Å². The van der Waals surface area contributed by atoms with Gasteiger partial charge in [0.1, 0.15) is 0 Å². The number of carbonyl (C=O) groups excluding carboxylic acids is 1. The van der Waals surface area contributed by atoms with Crippen molar-refractivity contribution in [3.8, 4) is 0 Å². The molecule has 20 heavy (non-hydrogen) atoms. The fourth-order valence-electron chi connectivity index (χ4n) is 3.36. The first kappa shape index (κ1) is 13.6. The van der Waals surface area contributed by atoms with Crippen LogP contribution >= 0.6 is 0 Å². The largest absolute Gasteiger partial charge is 0.392 e. The van der Waals surface area contributed by atoms with Crippen molar-refractivity contribution in [1.29, 1.82) is 0 Å². The van der Waals surface area contributed by atoms with Crippen LogP contribution in [0.4, 0.5) is 0 Å². The van der Waals surface area contributed by atoms with E-state index in [2.05, 4.69) is 18.2 Å². The lowest BCUT2D eigenvalue weighted by Crippen LogP contribution is -2.47. The van der Waals surface area contributed by atoms with Gasteiger partial charge in [-0.05, 0) is 36.8 Å². The smallest absolute Gasteiger partial charge is 0.226 e. The summed E-state index contributed by atoms with van der Waals surface area (Å²) >= 11 is 0. The van der Waals surface area contributed by atoms with Crippen molar-refractivity contribution in [1.82, 2.24) is 4.90 Å². The zero-order valence-corrected chi connectivity index (χ0v) is 11.7. The minimum absolute atomic E-state index is 0.0151. The lowest BCUT2D eigenvalue weighted by atomic mass is 9.83. The first-order chi connectivity index (χ1) is 9.65. The van der Waals surface area contributed by atoms with Crippen LogP contribution in [-0.4, -0.2) is 34.6 Å². The molecule has 1 heterocycles. The molecule has 1 amide bonds. The maximum Gasteiger partial charge on any atom is 0.226 e. The summed E-state index contributed by atoms with van der Waals surface area (Å²) < 4.78 is 0. The number of amides is 1. The second kappa shape index (κ2) is 5.54. The van der Waals surface area contributed by atoms with E-state index in [1.165, 1.54) is 11.1 Å². The minimum Gasteiger partial charge on any atom is -0.392 e. The van der Waals surface area contributed by atoms with Gasteiger partial charge in [0.2, 0.25) is 5.91 Å².